The number of nitrogens with one attached hydrogen (secondary N) is 1. The van der Waals surface area contributed by atoms with E-state index in [1.54, 1.807) is 25.1 Å². The van der Waals surface area contributed by atoms with E-state index in [0.717, 1.165) is 6.26 Å². The van der Waals surface area contributed by atoms with Crippen LogP contribution in [0.5, 0.6) is 5.75 Å². The Labute approximate surface area is 132 Å². The van der Waals surface area contributed by atoms with Gasteiger partial charge in [-0.15, -0.1) is 0 Å². The van der Waals surface area contributed by atoms with Crippen LogP contribution in [-0.4, -0.2) is 44.1 Å². The van der Waals surface area contributed by atoms with Crippen LogP contribution in [0.3, 0.4) is 0 Å². The summed E-state index contributed by atoms with van der Waals surface area (Å²) in [5.74, 6) is 0.172. The Morgan fingerprint density at radius 3 is 2.50 bits per heavy atom. The highest BCUT2D eigenvalue weighted by atomic mass is 32.2. The number of rotatable bonds is 8. The van der Waals surface area contributed by atoms with E-state index >= 15 is 0 Å². The summed E-state index contributed by atoms with van der Waals surface area (Å²) >= 11 is 0. The van der Waals surface area contributed by atoms with Crippen molar-refractivity contribution in [3.8, 4) is 5.75 Å². The summed E-state index contributed by atoms with van der Waals surface area (Å²) < 4.78 is 30.3. The molecule has 6 nitrogen and oxygen atoms in total. The van der Waals surface area contributed by atoms with Crippen LogP contribution in [0.2, 0.25) is 0 Å². The van der Waals surface area contributed by atoms with Crippen molar-refractivity contribution in [3.63, 3.8) is 0 Å². The molecule has 1 N–H and O–H groups in total. The van der Waals surface area contributed by atoms with E-state index < -0.39 is 15.9 Å². The smallest absolute Gasteiger partial charge is 0.239 e. The lowest BCUT2D eigenvalue weighted by molar-refractivity contribution is -0.116. The number of benzene rings is 1. The fraction of sp³-hybridized carbons (Fsp3) is 0.533. The van der Waals surface area contributed by atoms with E-state index in [-0.39, 0.29) is 12.6 Å². The van der Waals surface area contributed by atoms with Gasteiger partial charge in [0, 0.05) is 6.04 Å². The van der Waals surface area contributed by atoms with Crippen LogP contribution in [0.1, 0.15) is 27.2 Å². The van der Waals surface area contributed by atoms with E-state index in [9.17, 15) is 13.2 Å². The van der Waals surface area contributed by atoms with Gasteiger partial charge in [0.05, 0.1) is 25.1 Å². The van der Waals surface area contributed by atoms with Gasteiger partial charge in [0.25, 0.3) is 0 Å². The van der Waals surface area contributed by atoms with Crippen molar-refractivity contribution in [2.45, 2.75) is 33.2 Å². The van der Waals surface area contributed by atoms with Crippen molar-refractivity contribution >= 4 is 21.6 Å². The minimum Gasteiger partial charge on any atom is -0.492 e. The standard InChI is InChI=1S/C15H24N2O4S/c1-5-12(3)17(22(4,19)20)11-15(18)16-13-9-7-8-10-14(13)21-6-2/h7-10,12H,5-6,11H2,1-4H3,(H,16,18). The zero-order valence-corrected chi connectivity index (χ0v) is 14.3. The second kappa shape index (κ2) is 8.14. The third kappa shape index (κ3) is 5.31. The van der Waals surface area contributed by atoms with Gasteiger partial charge >= 0.3 is 0 Å². The number of hydrogen-bond acceptors (Lipinski definition) is 4. The number of nitrogens with zero attached hydrogens (tertiary/aromatic N) is 1. The first-order chi connectivity index (χ1) is 10.3. The van der Waals surface area contributed by atoms with Gasteiger partial charge < -0.3 is 10.1 Å². The highest BCUT2D eigenvalue weighted by Gasteiger charge is 2.25. The first-order valence-corrected chi connectivity index (χ1v) is 9.12. The lowest BCUT2D eigenvalue weighted by atomic mass is 10.2. The molecule has 0 saturated carbocycles. The van der Waals surface area contributed by atoms with Crippen molar-refractivity contribution in [1.82, 2.24) is 4.31 Å². The Morgan fingerprint density at radius 2 is 1.95 bits per heavy atom. The van der Waals surface area contributed by atoms with Gasteiger partial charge in [-0.1, -0.05) is 19.1 Å². The van der Waals surface area contributed by atoms with Crippen LogP contribution >= 0.6 is 0 Å². The normalized spacial score (nSPS) is 13.0. The van der Waals surface area contributed by atoms with Gasteiger partial charge in [-0.25, -0.2) is 8.42 Å². The quantitative estimate of drug-likeness (QED) is 0.793. The minimum atomic E-state index is -3.44. The fourth-order valence-electron chi connectivity index (χ4n) is 1.99. The Balaban J connectivity index is 2.85. The lowest BCUT2D eigenvalue weighted by Crippen LogP contribution is -2.42. The molecule has 0 aliphatic rings. The molecule has 0 spiro atoms. The summed E-state index contributed by atoms with van der Waals surface area (Å²) in [6, 6.07) is 6.82. The Kier molecular flexibility index (Phi) is 6.83. The SMILES string of the molecule is CCOc1ccccc1NC(=O)CN(C(C)CC)S(C)(=O)=O. The highest BCUT2D eigenvalue weighted by molar-refractivity contribution is 7.88. The first kappa shape index (κ1) is 18.4. The van der Waals surface area contributed by atoms with E-state index in [1.165, 1.54) is 4.31 Å². The summed E-state index contributed by atoms with van der Waals surface area (Å²) in [6.45, 7) is 5.78. The molecule has 0 aromatic heterocycles. The number of amides is 1. The molecule has 124 valence electrons. The monoisotopic (exact) mass is 328 g/mol. The van der Waals surface area contributed by atoms with Gasteiger partial charge in [0.15, 0.2) is 0 Å². The average molecular weight is 328 g/mol. The molecular formula is C15H24N2O4S. The second-order valence-corrected chi connectivity index (χ2v) is 6.98. The second-order valence-electron chi connectivity index (χ2n) is 5.04. The number of carbonyl (C=O) groups excluding carboxylic acids is 1. The molecule has 0 aliphatic heterocycles. The molecule has 0 heterocycles. The van der Waals surface area contributed by atoms with Crippen LogP contribution in [0.15, 0.2) is 24.3 Å². The molecule has 0 bridgehead atoms. The summed E-state index contributed by atoms with van der Waals surface area (Å²) in [5.41, 5.74) is 0.534. The topological polar surface area (TPSA) is 75.7 Å². The van der Waals surface area contributed by atoms with Gasteiger partial charge in [0.2, 0.25) is 15.9 Å². The Hall–Kier alpha value is -1.60. The molecular weight excluding hydrogens is 304 g/mol. The highest BCUT2D eigenvalue weighted by Crippen LogP contribution is 2.23. The molecule has 1 atom stereocenters. The number of anilines is 1. The number of sulfonamides is 1. The fourth-order valence-corrected chi connectivity index (χ4v) is 3.14. The molecule has 0 aliphatic carbocycles. The van der Waals surface area contributed by atoms with Crippen LogP contribution < -0.4 is 10.1 Å². The molecule has 1 aromatic rings. The molecule has 0 saturated heterocycles. The van der Waals surface area contributed by atoms with E-state index in [0.29, 0.717) is 24.5 Å². The summed E-state index contributed by atoms with van der Waals surface area (Å²) in [6.07, 6.45) is 1.75. The van der Waals surface area contributed by atoms with Gasteiger partial charge in [0.1, 0.15) is 5.75 Å². The number of ether oxygens (including phenoxy) is 1. The molecule has 1 aromatic carbocycles. The zero-order valence-electron chi connectivity index (χ0n) is 13.5. The predicted molar refractivity (Wildman–Crippen MR) is 87.5 cm³/mol. The maximum Gasteiger partial charge on any atom is 0.239 e. The number of carbonyl (C=O) groups is 1. The van der Waals surface area contributed by atoms with E-state index in [2.05, 4.69) is 5.32 Å². The van der Waals surface area contributed by atoms with Crippen molar-refractivity contribution < 1.29 is 17.9 Å². The summed E-state index contributed by atoms with van der Waals surface area (Å²) in [4.78, 5) is 12.2. The van der Waals surface area contributed by atoms with Gasteiger partial charge in [-0.05, 0) is 32.4 Å². The van der Waals surface area contributed by atoms with E-state index in [1.807, 2.05) is 19.9 Å². The molecule has 7 heteroatoms. The molecule has 1 unspecified atom stereocenters. The Morgan fingerprint density at radius 1 is 1.32 bits per heavy atom. The summed E-state index contributed by atoms with van der Waals surface area (Å²) in [5, 5.41) is 2.71. The predicted octanol–water partition coefficient (Wildman–Crippen LogP) is 2.08. The van der Waals surface area contributed by atoms with Crippen LogP contribution in [0.25, 0.3) is 0 Å². The Bertz CT molecular complexity index is 601. The molecule has 22 heavy (non-hydrogen) atoms. The maximum absolute atomic E-state index is 12.2. The summed E-state index contributed by atoms with van der Waals surface area (Å²) in [7, 11) is -3.44. The van der Waals surface area contributed by atoms with Crippen molar-refractivity contribution in [3.05, 3.63) is 24.3 Å². The molecule has 0 radical (unpaired) electrons. The molecule has 0 fully saturated rings. The van der Waals surface area contributed by atoms with E-state index in [4.69, 9.17) is 4.74 Å². The van der Waals surface area contributed by atoms with Crippen molar-refractivity contribution in [2.75, 3.05) is 24.7 Å². The lowest BCUT2D eigenvalue weighted by Gasteiger charge is -2.25. The average Bonchev–Trinajstić information content (AvgIpc) is 2.45. The number of hydrogen-bond donors (Lipinski definition) is 1. The largest absolute Gasteiger partial charge is 0.492 e. The minimum absolute atomic E-state index is 0.214. The van der Waals surface area contributed by atoms with Gasteiger partial charge in [-0.2, -0.15) is 4.31 Å². The third-order valence-electron chi connectivity index (χ3n) is 3.27. The maximum atomic E-state index is 12.2. The van der Waals surface area contributed by atoms with Crippen LogP contribution in [0, 0.1) is 0 Å². The number of para-hydroxylation sites is 2. The first-order valence-electron chi connectivity index (χ1n) is 7.28. The van der Waals surface area contributed by atoms with Gasteiger partial charge in [-0.3, -0.25) is 4.79 Å². The molecule has 1 amide bonds. The van der Waals surface area contributed by atoms with Crippen molar-refractivity contribution in [2.24, 2.45) is 0 Å². The van der Waals surface area contributed by atoms with Crippen molar-refractivity contribution in [1.29, 1.82) is 0 Å². The molecule has 1 rings (SSSR count). The third-order valence-corrected chi connectivity index (χ3v) is 4.61. The van der Waals surface area contributed by atoms with Crippen LogP contribution in [0.4, 0.5) is 5.69 Å². The van der Waals surface area contributed by atoms with Crippen LogP contribution in [-0.2, 0) is 14.8 Å². The zero-order chi connectivity index (χ0) is 16.8.